The molecule has 0 bridgehead atoms. The first kappa shape index (κ1) is 42.1. The third-order valence-corrected chi connectivity index (χ3v) is 9.59. The lowest BCUT2D eigenvalue weighted by Gasteiger charge is -2.30. The second-order valence-electron chi connectivity index (χ2n) is 13.4. The SMILES string of the molecule is CCCCCCCc1cccc(C(=O)NNC(=O)C(CC)(CCCCCCC)C(=O)NNC(=O)c2cccc(CCCCCCC)c2O)c1O. The average molecular weight is 695 g/mol. The van der Waals surface area contributed by atoms with E-state index in [1.54, 1.807) is 31.2 Å². The van der Waals surface area contributed by atoms with Crippen molar-refractivity contribution >= 4 is 23.6 Å². The zero-order chi connectivity index (χ0) is 36.8. The van der Waals surface area contributed by atoms with Crippen LogP contribution in [0.5, 0.6) is 11.5 Å². The van der Waals surface area contributed by atoms with Crippen molar-refractivity contribution < 1.29 is 29.4 Å². The Morgan fingerprint density at radius 3 is 1.28 bits per heavy atom. The number of aryl methyl sites for hydroxylation is 2. The number of hydrogen-bond donors (Lipinski definition) is 6. The number of nitrogens with one attached hydrogen (secondary N) is 4. The minimum absolute atomic E-state index is 0.0257. The molecule has 2 aromatic rings. The van der Waals surface area contributed by atoms with Gasteiger partial charge in [0, 0.05) is 0 Å². The Morgan fingerprint density at radius 1 is 0.520 bits per heavy atom. The zero-order valence-electron chi connectivity index (χ0n) is 30.9. The molecule has 0 aliphatic rings. The molecule has 0 spiro atoms. The Kier molecular flexibility index (Phi) is 19.7. The summed E-state index contributed by atoms with van der Waals surface area (Å²) in [6.07, 6.45) is 16.7. The molecule has 0 saturated carbocycles. The number of aromatic hydroxyl groups is 2. The Labute approximate surface area is 299 Å². The molecule has 0 aliphatic heterocycles. The number of benzene rings is 2. The van der Waals surface area contributed by atoms with Gasteiger partial charge < -0.3 is 10.2 Å². The van der Waals surface area contributed by atoms with Crippen LogP contribution >= 0.6 is 0 Å². The molecule has 0 aliphatic carbocycles. The second kappa shape index (κ2) is 23.3. The second-order valence-corrected chi connectivity index (χ2v) is 13.4. The summed E-state index contributed by atoms with van der Waals surface area (Å²) in [5.41, 5.74) is 9.39. The van der Waals surface area contributed by atoms with Crippen LogP contribution in [0.3, 0.4) is 0 Å². The predicted octanol–water partition coefficient (Wildman–Crippen LogP) is 8.10. The van der Waals surface area contributed by atoms with Gasteiger partial charge in [-0.3, -0.25) is 40.9 Å². The molecule has 0 aromatic heterocycles. The lowest BCUT2D eigenvalue weighted by Crippen LogP contribution is -2.58. The van der Waals surface area contributed by atoms with Crippen LogP contribution in [0, 0.1) is 5.41 Å². The van der Waals surface area contributed by atoms with Crippen LogP contribution in [-0.4, -0.2) is 33.8 Å². The van der Waals surface area contributed by atoms with Crippen LogP contribution in [-0.2, 0) is 22.4 Å². The van der Waals surface area contributed by atoms with Gasteiger partial charge in [0.2, 0.25) is 0 Å². The van der Waals surface area contributed by atoms with Gasteiger partial charge >= 0.3 is 0 Å². The van der Waals surface area contributed by atoms with Crippen molar-refractivity contribution in [3.8, 4) is 11.5 Å². The number of amides is 4. The average Bonchev–Trinajstić information content (AvgIpc) is 3.12. The first-order chi connectivity index (χ1) is 24.2. The summed E-state index contributed by atoms with van der Waals surface area (Å²) in [5.74, 6) is -3.12. The van der Waals surface area contributed by atoms with Crippen molar-refractivity contribution in [2.45, 2.75) is 150 Å². The van der Waals surface area contributed by atoms with Gasteiger partial charge in [-0.25, -0.2) is 0 Å². The van der Waals surface area contributed by atoms with E-state index in [1.807, 2.05) is 0 Å². The van der Waals surface area contributed by atoms with Gasteiger partial charge in [-0.2, -0.15) is 0 Å². The van der Waals surface area contributed by atoms with E-state index in [9.17, 15) is 29.4 Å². The fourth-order valence-corrected chi connectivity index (χ4v) is 6.25. The summed E-state index contributed by atoms with van der Waals surface area (Å²) >= 11 is 0. The summed E-state index contributed by atoms with van der Waals surface area (Å²) in [5, 5.41) is 21.7. The van der Waals surface area contributed by atoms with E-state index < -0.39 is 29.0 Å². The molecule has 0 fully saturated rings. The smallest absolute Gasteiger partial charge is 0.273 e. The summed E-state index contributed by atoms with van der Waals surface area (Å²) < 4.78 is 0. The van der Waals surface area contributed by atoms with Gasteiger partial charge in [-0.05, 0) is 61.8 Å². The van der Waals surface area contributed by atoms with Gasteiger partial charge in [0.25, 0.3) is 23.6 Å². The molecule has 278 valence electrons. The fourth-order valence-electron chi connectivity index (χ4n) is 6.25. The Morgan fingerprint density at radius 2 is 0.900 bits per heavy atom. The van der Waals surface area contributed by atoms with E-state index in [2.05, 4.69) is 42.5 Å². The van der Waals surface area contributed by atoms with Crippen LogP contribution < -0.4 is 21.7 Å². The quantitative estimate of drug-likeness (QED) is 0.0392. The zero-order valence-corrected chi connectivity index (χ0v) is 30.9. The highest BCUT2D eigenvalue weighted by molar-refractivity contribution is 6.07. The molecule has 0 heterocycles. The number of phenolic OH excluding ortho intramolecular Hbond substituents is 2. The van der Waals surface area contributed by atoms with E-state index in [1.165, 1.54) is 12.1 Å². The molecule has 0 saturated heterocycles. The number of carbonyl (C=O) groups excluding carboxylic acids is 4. The molecule has 50 heavy (non-hydrogen) atoms. The minimum Gasteiger partial charge on any atom is -0.507 e. The van der Waals surface area contributed by atoms with E-state index in [-0.39, 0.29) is 35.5 Å². The number of hydrazine groups is 2. The molecular weight excluding hydrogens is 632 g/mol. The molecular formula is C40H62N4O6. The van der Waals surface area contributed by atoms with Gasteiger partial charge in [0.1, 0.15) is 16.9 Å². The number of phenols is 2. The van der Waals surface area contributed by atoms with Gasteiger partial charge in [-0.15, -0.1) is 0 Å². The fraction of sp³-hybridized carbons (Fsp3) is 0.600. The first-order valence-electron chi connectivity index (χ1n) is 19.0. The highest BCUT2D eigenvalue weighted by Gasteiger charge is 2.44. The van der Waals surface area contributed by atoms with Crippen molar-refractivity contribution in [3.05, 3.63) is 58.7 Å². The third-order valence-electron chi connectivity index (χ3n) is 9.59. The van der Waals surface area contributed by atoms with Crippen molar-refractivity contribution in [2.24, 2.45) is 5.41 Å². The monoisotopic (exact) mass is 694 g/mol. The van der Waals surface area contributed by atoms with Gasteiger partial charge in [0.15, 0.2) is 0 Å². The number of unbranched alkanes of at least 4 members (excludes halogenated alkanes) is 12. The van der Waals surface area contributed by atoms with Gasteiger partial charge in [-0.1, -0.05) is 135 Å². The minimum atomic E-state index is -1.61. The van der Waals surface area contributed by atoms with Gasteiger partial charge in [0.05, 0.1) is 11.1 Å². The Bertz CT molecular complexity index is 1270. The van der Waals surface area contributed by atoms with Crippen LogP contribution in [0.2, 0.25) is 0 Å². The molecule has 2 rings (SSSR count). The van der Waals surface area contributed by atoms with Crippen molar-refractivity contribution in [1.29, 1.82) is 0 Å². The Balaban J connectivity index is 2.14. The van der Waals surface area contributed by atoms with Crippen LogP contribution in [0.15, 0.2) is 36.4 Å². The maximum atomic E-state index is 13.8. The molecule has 2 aromatic carbocycles. The van der Waals surface area contributed by atoms with Crippen LogP contribution in [0.4, 0.5) is 0 Å². The summed E-state index contributed by atoms with van der Waals surface area (Å²) in [7, 11) is 0. The lowest BCUT2D eigenvalue weighted by atomic mass is 9.78. The summed E-state index contributed by atoms with van der Waals surface area (Å²) in [4.78, 5) is 53.8. The maximum Gasteiger partial charge on any atom is 0.273 e. The van der Waals surface area contributed by atoms with E-state index in [0.717, 1.165) is 89.9 Å². The van der Waals surface area contributed by atoms with Crippen molar-refractivity contribution in [2.75, 3.05) is 0 Å². The van der Waals surface area contributed by atoms with E-state index in [0.29, 0.717) is 30.4 Å². The normalized spacial score (nSPS) is 11.2. The highest BCUT2D eigenvalue weighted by Crippen LogP contribution is 2.31. The topological polar surface area (TPSA) is 157 Å². The van der Waals surface area contributed by atoms with Crippen LogP contribution in [0.25, 0.3) is 0 Å². The number of rotatable bonds is 23. The number of hydrogen-bond acceptors (Lipinski definition) is 6. The third kappa shape index (κ3) is 13.0. The van der Waals surface area contributed by atoms with E-state index >= 15 is 0 Å². The molecule has 4 amide bonds. The maximum absolute atomic E-state index is 13.8. The molecule has 10 nitrogen and oxygen atoms in total. The molecule has 0 unspecified atom stereocenters. The standard InChI is InChI=1S/C40H62N4O6/c1-5-9-12-15-18-23-30-25-21-27-32(34(30)45)36(47)41-43-38(49)40(8-4,29-20-17-14-11-7-3)39(50)44-42-37(48)33-28-22-26-31(35(33)46)24-19-16-13-10-6-2/h21-22,25-28,45-46H,5-20,23-24,29H2,1-4H3,(H,41,47)(H,42,48)(H,43,49)(H,44,50). The lowest BCUT2D eigenvalue weighted by molar-refractivity contribution is -0.145. The first-order valence-corrected chi connectivity index (χ1v) is 19.0. The van der Waals surface area contributed by atoms with Crippen molar-refractivity contribution in [3.63, 3.8) is 0 Å². The van der Waals surface area contributed by atoms with E-state index in [4.69, 9.17) is 0 Å². The molecule has 10 heteroatoms. The summed E-state index contributed by atoms with van der Waals surface area (Å²) in [6, 6.07) is 9.93. The van der Waals surface area contributed by atoms with Crippen LogP contribution in [0.1, 0.15) is 169 Å². The molecule has 0 radical (unpaired) electrons. The largest absolute Gasteiger partial charge is 0.507 e. The van der Waals surface area contributed by atoms with Crippen molar-refractivity contribution in [1.82, 2.24) is 21.7 Å². The number of carbonyl (C=O) groups is 4. The highest BCUT2D eigenvalue weighted by atomic mass is 16.3. The summed E-state index contributed by atoms with van der Waals surface area (Å²) in [6.45, 7) is 8.11. The molecule has 6 N–H and O–H groups in total. The molecule has 0 atom stereocenters. The predicted molar refractivity (Wildman–Crippen MR) is 198 cm³/mol. The Hall–Kier alpha value is -4.08. The number of para-hydroxylation sites is 2.